The Balaban J connectivity index is 1.82. The number of carbonyl (C=O) groups is 1. The van der Waals surface area contributed by atoms with Crippen LogP contribution in [0.15, 0.2) is 24.3 Å². The molecule has 1 aliphatic rings. The van der Waals surface area contributed by atoms with E-state index in [-0.39, 0.29) is 12.0 Å². The summed E-state index contributed by atoms with van der Waals surface area (Å²) in [5, 5.41) is 6.04. The molecule has 1 fully saturated rings. The zero-order valence-electron chi connectivity index (χ0n) is 11.6. The fraction of sp³-hybridized carbons (Fsp3) is 0.500. The second-order valence-electron chi connectivity index (χ2n) is 4.84. The molecule has 2 N–H and O–H groups in total. The molecule has 0 saturated carbocycles. The zero-order chi connectivity index (χ0) is 14.4. The molecule has 0 aromatic heterocycles. The minimum atomic E-state index is 0.0251. The third kappa shape index (κ3) is 5.01. The van der Waals surface area contributed by atoms with E-state index in [0.717, 1.165) is 28.9 Å². The molecular formula is C14H20IN3O2. The van der Waals surface area contributed by atoms with E-state index in [4.69, 9.17) is 4.74 Å². The molecule has 1 aromatic rings. The first kappa shape index (κ1) is 15.7. The third-order valence-electron chi connectivity index (χ3n) is 3.13. The molecule has 1 aromatic carbocycles. The molecule has 1 heterocycles. The molecule has 0 bridgehead atoms. The summed E-state index contributed by atoms with van der Waals surface area (Å²) in [6.07, 6.45) is 0.166. The molecule has 6 heteroatoms. The molecule has 110 valence electrons. The molecule has 0 aliphatic carbocycles. The summed E-state index contributed by atoms with van der Waals surface area (Å²) in [4.78, 5) is 14.2. The lowest BCUT2D eigenvalue weighted by Crippen LogP contribution is -2.48. The minimum absolute atomic E-state index is 0.0251. The van der Waals surface area contributed by atoms with Crippen molar-refractivity contribution in [3.63, 3.8) is 0 Å². The van der Waals surface area contributed by atoms with Crippen molar-refractivity contribution in [2.75, 3.05) is 45.2 Å². The van der Waals surface area contributed by atoms with Crippen molar-refractivity contribution in [3.8, 4) is 0 Å². The number of anilines is 1. The first-order chi connectivity index (χ1) is 9.67. The van der Waals surface area contributed by atoms with E-state index in [9.17, 15) is 4.79 Å². The molecule has 1 amide bonds. The SMILES string of the molecule is CNCC1CN(CC(=O)Nc2cccc(I)c2)CCO1. The highest BCUT2D eigenvalue weighted by Gasteiger charge is 2.21. The van der Waals surface area contributed by atoms with Gasteiger partial charge in [0.05, 0.1) is 19.3 Å². The number of likely N-dealkylation sites (N-methyl/N-ethyl adjacent to an activating group) is 1. The fourth-order valence-electron chi connectivity index (χ4n) is 2.25. The Morgan fingerprint density at radius 1 is 1.55 bits per heavy atom. The number of amides is 1. The molecule has 5 nitrogen and oxygen atoms in total. The monoisotopic (exact) mass is 389 g/mol. The van der Waals surface area contributed by atoms with E-state index in [1.54, 1.807) is 0 Å². The lowest BCUT2D eigenvalue weighted by Gasteiger charge is -2.32. The molecule has 1 saturated heterocycles. The summed E-state index contributed by atoms with van der Waals surface area (Å²) in [5.41, 5.74) is 0.849. The predicted octanol–water partition coefficient (Wildman–Crippen LogP) is 1.15. The maximum Gasteiger partial charge on any atom is 0.238 e. The highest BCUT2D eigenvalue weighted by Crippen LogP contribution is 2.12. The van der Waals surface area contributed by atoms with E-state index >= 15 is 0 Å². The standard InChI is InChI=1S/C14H20IN3O2/c1-16-8-13-9-18(5-6-20-13)10-14(19)17-12-4-2-3-11(15)7-12/h2-4,7,13,16H,5-6,8-10H2,1H3,(H,17,19). The van der Waals surface area contributed by atoms with Crippen molar-refractivity contribution in [1.82, 2.24) is 10.2 Å². The summed E-state index contributed by atoms with van der Waals surface area (Å²) in [6.45, 7) is 3.51. The number of nitrogens with zero attached hydrogens (tertiary/aromatic N) is 1. The topological polar surface area (TPSA) is 53.6 Å². The molecule has 1 unspecified atom stereocenters. The number of morpholine rings is 1. The van der Waals surface area contributed by atoms with Crippen LogP contribution in [0.4, 0.5) is 5.69 Å². The van der Waals surface area contributed by atoms with Gasteiger partial charge in [-0.05, 0) is 47.8 Å². The number of rotatable bonds is 5. The van der Waals surface area contributed by atoms with E-state index in [2.05, 4.69) is 38.1 Å². The number of halogens is 1. The van der Waals surface area contributed by atoms with Crippen molar-refractivity contribution < 1.29 is 9.53 Å². The van der Waals surface area contributed by atoms with Crippen LogP contribution in [-0.4, -0.2) is 56.7 Å². The van der Waals surface area contributed by atoms with Crippen LogP contribution in [0, 0.1) is 3.57 Å². The zero-order valence-corrected chi connectivity index (χ0v) is 13.7. The second kappa shape index (κ2) is 7.92. The fourth-order valence-corrected chi connectivity index (χ4v) is 2.79. The van der Waals surface area contributed by atoms with Crippen LogP contribution in [-0.2, 0) is 9.53 Å². The minimum Gasteiger partial charge on any atom is -0.374 e. The van der Waals surface area contributed by atoms with Crippen molar-refractivity contribution in [3.05, 3.63) is 27.8 Å². The number of nitrogens with one attached hydrogen (secondary N) is 2. The smallest absolute Gasteiger partial charge is 0.238 e. The highest BCUT2D eigenvalue weighted by molar-refractivity contribution is 14.1. The van der Waals surface area contributed by atoms with Crippen LogP contribution in [0.3, 0.4) is 0 Å². The summed E-state index contributed by atoms with van der Waals surface area (Å²) in [7, 11) is 1.91. The number of ether oxygens (including phenoxy) is 1. The molecule has 0 spiro atoms. The van der Waals surface area contributed by atoms with Gasteiger partial charge < -0.3 is 15.4 Å². The number of carbonyl (C=O) groups excluding carboxylic acids is 1. The van der Waals surface area contributed by atoms with Crippen LogP contribution in [0.5, 0.6) is 0 Å². The molecule has 1 atom stereocenters. The third-order valence-corrected chi connectivity index (χ3v) is 3.80. The lowest BCUT2D eigenvalue weighted by atomic mass is 10.2. The first-order valence-electron chi connectivity index (χ1n) is 6.71. The van der Waals surface area contributed by atoms with Crippen LogP contribution >= 0.6 is 22.6 Å². The van der Waals surface area contributed by atoms with Gasteiger partial charge in [-0.15, -0.1) is 0 Å². The summed E-state index contributed by atoms with van der Waals surface area (Å²) >= 11 is 2.23. The molecule has 20 heavy (non-hydrogen) atoms. The number of hydrogen-bond donors (Lipinski definition) is 2. The number of hydrogen-bond acceptors (Lipinski definition) is 4. The molecule has 2 rings (SSSR count). The van der Waals surface area contributed by atoms with Gasteiger partial charge in [0, 0.05) is 28.9 Å². The number of benzene rings is 1. The van der Waals surface area contributed by atoms with Gasteiger partial charge in [0.15, 0.2) is 0 Å². The van der Waals surface area contributed by atoms with Crippen LogP contribution in [0.1, 0.15) is 0 Å². The average Bonchev–Trinajstić information content (AvgIpc) is 2.39. The quantitative estimate of drug-likeness (QED) is 0.743. The van der Waals surface area contributed by atoms with Crippen molar-refractivity contribution in [2.45, 2.75) is 6.10 Å². The predicted molar refractivity (Wildman–Crippen MR) is 87.9 cm³/mol. The van der Waals surface area contributed by atoms with Crippen molar-refractivity contribution in [2.24, 2.45) is 0 Å². The lowest BCUT2D eigenvalue weighted by molar-refractivity contribution is -0.119. The van der Waals surface area contributed by atoms with Gasteiger partial charge in [0.25, 0.3) is 0 Å². The molecule has 1 aliphatic heterocycles. The maximum absolute atomic E-state index is 12.0. The van der Waals surface area contributed by atoms with Gasteiger partial charge in [-0.25, -0.2) is 0 Å². The Bertz CT molecular complexity index is 454. The Morgan fingerprint density at radius 2 is 2.40 bits per heavy atom. The van der Waals surface area contributed by atoms with Gasteiger partial charge in [0.2, 0.25) is 5.91 Å². The molecular weight excluding hydrogens is 369 g/mol. The first-order valence-corrected chi connectivity index (χ1v) is 7.79. The average molecular weight is 389 g/mol. The van der Waals surface area contributed by atoms with Crippen LogP contribution in [0.2, 0.25) is 0 Å². The summed E-state index contributed by atoms with van der Waals surface area (Å²) in [6, 6.07) is 7.81. The summed E-state index contributed by atoms with van der Waals surface area (Å²) < 4.78 is 6.74. The van der Waals surface area contributed by atoms with Gasteiger partial charge in [-0.3, -0.25) is 9.69 Å². The van der Waals surface area contributed by atoms with E-state index < -0.39 is 0 Å². The van der Waals surface area contributed by atoms with E-state index in [1.807, 2.05) is 31.3 Å². The van der Waals surface area contributed by atoms with Gasteiger partial charge in [-0.2, -0.15) is 0 Å². The van der Waals surface area contributed by atoms with Crippen molar-refractivity contribution >= 4 is 34.2 Å². The molecule has 0 radical (unpaired) electrons. The normalized spacial score (nSPS) is 19.8. The van der Waals surface area contributed by atoms with Gasteiger partial charge >= 0.3 is 0 Å². The van der Waals surface area contributed by atoms with E-state index in [0.29, 0.717) is 13.2 Å². The summed E-state index contributed by atoms with van der Waals surface area (Å²) in [5.74, 6) is 0.0251. The largest absolute Gasteiger partial charge is 0.374 e. The Hall–Kier alpha value is -0.700. The van der Waals surface area contributed by atoms with Crippen LogP contribution < -0.4 is 10.6 Å². The maximum atomic E-state index is 12.0. The van der Waals surface area contributed by atoms with Crippen LogP contribution in [0.25, 0.3) is 0 Å². The Kier molecular flexibility index (Phi) is 6.21. The van der Waals surface area contributed by atoms with E-state index in [1.165, 1.54) is 0 Å². The Labute approximate surface area is 133 Å². The second-order valence-corrected chi connectivity index (χ2v) is 6.09. The van der Waals surface area contributed by atoms with Gasteiger partial charge in [-0.1, -0.05) is 6.07 Å². The van der Waals surface area contributed by atoms with Crippen molar-refractivity contribution in [1.29, 1.82) is 0 Å². The van der Waals surface area contributed by atoms with Gasteiger partial charge in [0.1, 0.15) is 0 Å². The highest BCUT2D eigenvalue weighted by atomic mass is 127. The Morgan fingerprint density at radius 3 is 3.15 bits per heavy atom.